The lowest BCUT2D eigenvalue weighted by molar-refractivity contribution is 0.0628. The van der Waals surface area contributed by atoms with Crippen molar-refractivity contribution in [2.75, 3.05) is 33.3 Å². The Kier molecular flexibility index (Phi) is 6.01. The second-order valence-corrected chi connectivity index (χ2v) is 6.98. The van der Waals surface area contributed by atoms with Crippen molar-refractivity contribution in [3.8, 4) is 5.75 Å². The fourth-order valence-corrected chi connectivity index (χ4v) is 3.29. The van der Waals surface area contributed by atoms with Crippen LogP contribution in [0.4, 0.5) is 4.39 Å². The third kappa shape index (κ3) is 4.29. The zero-order valence-corrected chi connectivity index (χ0v) is 15.9. The van der Waals surface area contributed by atoms with E-state index in [0.717, 1.165) is 18.7 Å². The van der Waals surface area contributed by atoms with Gasteiger partial charge in [0.15, 0.2) is 11.6 Å². The van der Waals surface area contributed by atoms with Crippen LogP contribution in [-0.2, 0) is 6.54 Å². The molecule has 0 aromatic heterocycles. The van der Waals surface area contributed by atoms with Crippen molar-refractivity contribution in [1.29, 1.82) is 0 Å². The van der Waals surface area contributed by atoms with Gasteiger partial charge in [0.1, 0.15) is 0 Å². The van der Waals surface area contributed by atoms with Crippen LogP contribution < -0.4 is 4.74 Å². The number of nitrogens with zero attached hydrogens (tertiary/aromatic N) is 2. The summed E-state index contributed by atoms with van der Waals surface area (Å²) in [7, 11) is 1.45. The van der Waals surface area contributed by atoms with Crippen LogP contribution >= 0.6 is 23.2 Å². The normalized spacial score (nSPS) is 15.2. The molecule has 0 radical (unpaired) electrons. The lowest BCUT2D eigenvalue weighted by Gasteiger charge is -2.34. The molecule has 4 nitrogen and oxygen atoms in total. The SMILES string of the molecule is COc1ccc(CN2CCN(C(=O)c3ccc(Cl)c(Cl)c3)CC2)cc1F. The summed E-state index contributed by atoms with van der Waals surface area (Å²) in [5.41, 5.74) is 1.41. The average Bonchev–Trinajstić information content (AvgIpc) is 2.64. The average molecular weight is 397 g/mol. The number of ether oxygens (including phenoxy) is 1. The summed E-state index contributed by atoms with van der Waals surface area (Å²) in [6.45, 7) is 3.30. The number of piperazine rings is 1. The summed E-state index contributed by atoms with van der Waals surface area (Å²) >= 11 is 11.9. The first-order valence-corrected chi connectivity index (χ1v) is 9.02. The largest absolute Gasteiger partial charge is 0.494 e. The van der Waals surface area contributed by atoms with Gasteiger partial charge in [0.05, 0.1) is 17.2 Å². The molecule has 138 valence electrons. The predicted molar refractivity (Wildman–Crippen MR) is 101 cm³/mol. The van der Waals surface area contributed by atoms with Crippen molar-refractivity contribution in [3.05, 3.63) is 63.4 Å². The number of amides is 1. The van der Waals surface area contributed by atoms with Crippen molar-refractivity contribution in [1.82, 2.24) is 9.80 Å². The summed E-state index contributed by atoms with van der Waals surface area (Å²) in [6, 6.07) is 9.89. The summed E-state index contributed by atoms with van der Waals surface area (Å²) in [6.07, 6.45) is 0. The van der Waals surface area contributed by atoms with Crippen molar-refractivity contribution >= 4 is 29.1 Å². The van der Waals surface area contributed by atoms with Gasteiger partial charge >= 0.3 is 0 Å². The molecule has 1 fully saturated rings. The molecule has 0 N–H and O–H groups in total. The van der Waals surface area contributed by atoms with E-state index < -0.39 is 0 Å². The van der Waals surface area contributed by atoms with E-state index in [-0.39, 0.29) is 17.5 Å². The molecule has 0 atom stereocenters. The van der Waals surface area contributed by atoms with Gasteiger partial charge in [-0.3, -0.25) is 9.69 Å². The highest BCUT2D eigenvalue weighted by Crippen LogP contribution is 2.24. The molecular formula is C19H19Cl2FN2O2. The Hall–Kier alpha value is -1.82. The molecule has 7 heteroatoms. The van der Waals surface area contributed by atoms with Crippen molar-refractivity contribution in [3.63, 3.8) is 0 Å². The van der Waals surface area contributed by atoms with Crippen molar-refractivity contribution < 1.29 is 13.9 Å². The van der Waals surface area contributed by atoms with Gasteiger partial charge in [-0.25, -0.2) is 4.39 Å². The van der Waals surface area contributed by atoms with Gasteiger partial charge in [-0.05, 0) is 35.9 Å². The van der Waals surface area contributed by atoms with Crippen LogP contribution in [0.25, 0.3) is 0 Å². The maximum atomic E-state index is 13.8. The zero-order valence-electron chi connectivity index (χ0n) is 14.3. The van der Waals surface area contributed by atoms with E-state index in [1.54, 1.807) is 29.2 Å². The number of hydrogen-bond acceptors (Lipinski definition) is 3. The number of rotatable bonds is 4. The minimum atomic E-state index is -0.363. The van der Waals surface area contributed by atoms with E-state index in [1.807, 2.05) is 6.07 Å². The third-order valence-corrected chi connectivity index (χ3v) is 5.19. The minimum Gasteiger partial charge on any atom is -0.494 e. The van der Waals surface area contributed by atoms with Crippen LogP contribution in [-0.4, -0.2) is 49.0 Å². The van der Waals surface area contributed by atoms with Crippen LogP contribution in [0.2, 0.25) is 10.0 Å². The highest BCUT2D eigenvalue weighted by atomic mass is 35.5. The van der Waals surface area contributed by atoms with E-state index in [4.69, 9.17) is 27.9 Å². The standard InChI is InChI=1S/C19H19Cl2FN2O2/c1-26-18-5-2-13(10-17(18)22)12-23-6-8-24(9-7-23)19(25)14-3-4-15(20)16(21)11-14/h2-5,10-11H,6-9,12H2,1H3. The second-order valence-electron chi connectivity index (χ2n) is 6.17. The molecule has 0 bridgehead atoms. The Morgan fingerprint density at radius 2 is 1.81 bits per heavy atom. The lowest BCUT2D eigenvalue weighted by Crippen LogP contribution is -2.48. The Bertz CT molecular complexity index is 808. The molecule has 2 aromatic rings. The van der Waals surface area contributed by atoms with Gasteiger partial charge in [-0.1, -0.05) is 29.3 Å². The number of carbonyl (C=O) groups excluding carboxylic acids is 1. The van der Waals surface area contributed by atoms with Gasteiger partial charge in [-0.2, -0.15) is 0 Å². The molecule has 3 rings (SSSR count). The summed E-state index contributed by atoms with van der Waals surface area (Å²) < 4.78 is 18.7. The van der Waals surface area contributed by atoms with E-state index in [0.29, 0.717) is 35.2 Å². The van der Waals surface area contributed by atoms with Gasteiger partial charge in [0.2, 0.25) is 0 Å². The lowest BCUT2D eigenvalue weighted by atomic mass is 10.1. The molecule has 26 heavy (non-hydrogen) atoms. The Balaban J connectivity index is 1.57. The van der Waals surface area contributed by atoms with Crippen molar-refractivity contribution in [2.24, 2.45) is 0 Å². The quantitative estimate of drug-likeness (QED) is 0.779. The van der Waals surface area contributed by atoms with Crippen LogP contribution in [0.15, 0.2) is 36.4 Å². The fraction of sp³-hybridized carbons (Fsp3) is 0.316. The molecule has 0 spiro atoms. The van der Waals surface area contributed by atoms with Gasteiger partial charge in [0.25, 0.3) is 5.91 Å². The van der Waals surface area contributed by atoms with Gasteiger partial charge < -0.3 is 9.64 Å². The number of carbonyl (C=O) groups is 1. The monoisotopic (exact) mass is 396 g/mol. The molecule has 2 aromatic carbocycles. The first-order chi connectivity index (χ1) is 12.5. The molecule has 0 unspecified atom stereocenters. The molecule has 1 saturated heterocycles. The predicted octanol–water partition coefficient (Wildman–Crippen LogP) is 4.10. The Morgan fingerprint density at radius 3 is 2.42 bits per heavy atom. The fourth-order valence-electron chi connectivity index (χ4n) is 2.99. The molecule has 1 aliphatic heterocycles. The number of hydrogen-bond donors (Lipinski definition) is 0. The van der Waals surface area contributed by atoms with E-state index in [9.17, 15) is 9.18 Å². The van der Waals surface area contributed by atoms with Crippen LogP contribution in [0, 0.1) is 5.82 Å². The summed E-state index contributed by atoms with van der Waals surface area (Å²) in [5, 5.41) is 0.803. The highest BCUT2D eigenvalue weighted by molar-refractivity contribution is 6.42. The van der Waals surface area contributed by atoms with Crippen LogP contribution in [0.5, 0.6) is 5.75 Å². The van der Waals surface area contributed by atoms with E-state index in [1.165, 1.54) is 13.2 Å². The first kappa shape index (κ1) is 19.0. The molecule has 0 aliphatic carbocycles. The summed E-state index contributed by atoms with van der Waals surface area (Å²) in [4.78, 5) is 16.6. The molecule has 1 heterocycles. The number of halogens is 3. The molecular weight excluding hydrogens is 378 g/mol. The highest BCUT2D eigenvalue weighted by Gasteiger charge is 2.22. The zero-order chi connectivity index (χ0) is 18.7. The van der Waals surface area contributed by atoms with Gasteiger partial charge in [0, 0.05) is 38.3 Å². The Labute approximate surface area is 162 Å². The first-order valence-electron chi connectivity index (χ1n) is 8.27. The smallest absolute Gasteiger partial charge is 0.253 e. The number of benzene rings is 2. The molecule has 1 aliphatic rings. The minimum absolute atomic E-state index is 0.0568. The maximum Gasteiger partial charge on any atom is 0.253 e. The van der Waals surface area contributed by atoms with Crippen LogP contribution in [0.3, 0.4) is 0 Å². The topological polar surface area (TPSA) is 32.8 Å². The third-order valence-electron chi connectivity index (χ3n) is 4.45. The maximum absolute atomic E-state index is 13.8. The number of methoxy groups -OCH3 is 1. The molecule has 0 saturated carbocycles. The van der Waals surface area contributed by atoms with Gasteiger partial charge in [-0.15, -0.1) is 0 Å². The van der Waals surface area contributed by atoms with E-state index >= 15 is 0 Å². The van der Waals surface area contributed by atoms with E-state index in [2.05, 4.69) is 4.90 Å². The van der Waals surface area contributed by atoms with Crippen LogP contribution in [0.1, 0.15) is 15.9 Å². The molecule has 1 amide bonds. The second kappa shape index (κ2) is 8.25. The van der Waals surface area contributed by atoms with Crippen molar-refractivity contribution in [2.45, 2.75) is 6.54 Å². The Morgan fingerprint density at radius 1 is 1.08 bits per heavy atom. The summed E-state index contributed by atoms with van der Waals surface area (Å²) in [5.74, 6) is -0.178.